The first-order valence-corrected chi connectivity index (χ1v) is 6.30. The summed E-state index contributed by atoms with van der Waals surface area (Å²) >= 11 is 0. The molecule has 8 heteroatoms. The van der Waals surface area contributed by atoms with Gasteiger partial charge in [0.15, 0.2) is 0 Å². The second-order valence-electron chi connectivity index (χ2n) is 4.91. The van der Waals surface area contributed by atoms with Crippen LogP contribution in [0.15, 0.2) is 0 Å². The van der Waals surface area contributed by atoms with Gasteiger partial charge in [0.25, 0.3) is 5.91 Å². The van der Waals surface area contributed by atoms with Crippen LogP contribution in [0.3, 0.4) is 0 Å². The number of hydrogen-bond acceptors (Lipinski definition) is 5. The molecule has 8 nitrogen and oxygen atoms in total. The number of hydrogen-bond donors (Lipinski definition) is 2. The summed E-state index contributed by atoms with van der Waals surface area (Å²) in [5.41, 5.74) is 0. The number of amides is 4. The van der Waals surface area contributed by atoms with Crippen LogP contribution in [0.1, 0.15) is 20.3 Å². The van der Waals surface area contributed by atoms with Crippen LogP contribution in [0, 0.1) is 5.92 Å². The number of esters is 1. The van der Waals surface area contributed by atoms with Crippen molar-refractivity contribution in [3.8, 4) is 0 Å². The van der Waals surface area contributed by atoms with Crippen LogP contribution in [-0.2, 0) is 19.1 Å². The summed E-state index contributed by atoms with van der Waals surface area (Å²) < 4.78 is 4.61. The van der Waals surface area contributed by atoms with Crippen molar-refractivity contribution in [2.24, 2.45) is 5.92 Å². The molecule has 0 saturated carbocycles. The van der Waals surface area contributed by atoms with Crippen LogP contribution in [0.25, 0.3) is 0 Å². The van der Waals surface area contributed by atoms with Crippen molar-refractivity contribution in [3.05, 3.63) is 0 Å². The predicted molar refractivity (Wildman–Crippen MR) is 68.5 cm³/mol. The standard InChI is InChI=1S/C12H19N3O5/c1-7(2)4-8(11(18)20-3)14-9(16)6-15-10(17)5-13-12(15)19/h7-8H,4-6H2,1-3H3,(H,13,19)(H,14,16). The average molecular weight is 285 g/mol. The lowest BCUT2D eigenvalue weighted by Crippen LogP contribution is -2.47. The summed E-state index contributed by atoms with van der Waals surface area (Å²) in [5.74, 6) is -1.42. The predicted octanol–water partition coefficient (Wildman–Crippen LogP) is -0.758. The summed E-state index contributed by atoms with van der Waals surface area (Å²) in [6.07, 6.45) is 0.415. The molecule has 1 heterocycles. The van der Waals surface area contributed by atoms with E-state index in [1.807, 2.05) is 13.8 Å². The lowest BCUT2D eigenvalue weighted by molar-refractivity contribution is -0.145. The highest BCUT2D eigenvalue weighted by Crippen LogP contribution is 2.06. The van der Waals surface area contributed by atoms with E-state index in [0.717, 1.165) is 4.90 Å². The number of methoxy groups -OCH3 is 1. The smallest absolute Gasteiger partial charge is 0.328 e. The quantitative estimate of drug-likeness (QED) is 0.493. The monoisotopic (exact) mass is 285 g/mol. The van der Waals surface area contributed by atoms with E-state index >= 15 is 0 Å². The van der Waals surface area contributed by atoms with Crippen molar-refractivity contribution >= 4 is 23.8 Å². The summed E-state index contributed by atoms with van der Waals surface area (Å²) in [6, 6.07) is -1.39. The molecule has 20 heavy (non-hydrogen) atoms. The second kappa shape index (κ2) is 6.88. The topological polar surface area (TPSA) is 105 Å². The zero-order chi connectivity index (χ0) is 15.3. The minimum Gasteiger partial charge on any atom is -0.467 e. The molecule has 1 aliphatic rings. The highest BCUT2D eigenvalue weighted by Gasteiger charge is 2.31. The Morgan fingerprint density at radius 2 is 2.05 bits per heavy atom. The molecule has 2 N–H and O–H groups in total. The van der Waals surface area contributed by atoms with E-state index in [1.165, 1.54) is 7.11 Å². The lowest BCUT2D eigenvalue weighted by Gasteiger charge is -2.19. The molecule has 0 aromatic heterocycles. The lowest BCUT2D eigenvalue weighted by atomic mass is 10.0. The van der Waals surface area contributed by atoms with Gasteiger partial charge in [0, 0.05) is 0 Å². The molecule has 1 saturated heterocycles. The van der Waals surface area contributed by atoms with E-state index in [4.69, 9.17) is 0 Å². The zero-order valence-electron chi connectivity index (χ0n) is 11.8. The van der Waals surface area contributed by atoms with Crippen molar-refractivity contribution in [2.45, 2.75) is 26.3 Å². The Balaban J connectivity index is 2.59. The fourth-order valence-corrected chi connectivity index (χ4v) is 1.83. The van der Waals surface area contributed by atoms with Crippen LogP contribution in [-0.4, -0.2) is 55.0 Å². The molecular weight excluding hydrogens is 266 g/mol. The normalized spacial score (nSPS) is 16.1. The van der Waals surface area contributed by atoms with Gasteiger partial charge in [-0.15, -0.1) is 0 Å². The Bertz CT molecular complexity index is 405. The third kappa shape index (κ3) is 4.22. The molecule has 1 fully saturated rings. The third-order valence-electron chi connectivity index (χ3n) is 2.77. The van der Waals surface area contributed by atoms with Crippen LogP contribution in [0.5, 0.6) is 0 Å². The fraction of sp³-hybridized carbons (Fsp3) is 0.667. The van der Waals surface area contributed by atoms with Gasteiger partial charge in [-0.2, -0.15) is 0 Å². The van der Waals surface area contributed by atoms with E-state index in [2.05, 4.69) is 15.4 Å². The molecule has 4 amide bonds. The highest BCUT2D eigenvalue weighted by atomic mass is 16.5. The summed E-state index contributed by atoms with van der Waals surface area (Å²) in [6.45, 7) is 3.29. The Hall–Kier alpha value is -2.12. The van der Waals surface area contributed by atoms with Gasteiger partial charge >= 0.3 is 12.0 Å². The number of imide groups is 1. The van der Waals surface area contributed by atoms with E-state index < -0.39 is 36.4 Å². The highest BCUT2D eigenvalue weighted by molar-refractivity contribution is 6.04. The summed E-state index contributed by atoms with van der Waals surface area (Å²) in [5, 5.41) is 4.79. The molecule has 0 aromatic rings. The fourth-order valence-electron chi connectivity index (χ4n) is 1.83. The number of urea groups is 1. The number of carbonyl (C=O) groups is 4. The second-order valence-corrected chi connectivity index (χ2v) is 4.91. The van der Waals surface area contributed by atoms with Crippen molar-refractivity contribution < 1.29 is 23.9 Å². The van der Waals surface area contributed by atoms with E-state index in [-0.39, 0.29) is 12.5 Å². The molecule has 1 rings (SSSR count). The van der Waals surface area contributed by atoms with Gasteiger partial charge in [0.2, 0.25) is 5.91 Å². The minimum atomic E-state index is -0.784. The number of nitrogens with zero attached hydrogens (tertiary/aromatic N) is 1. The van der Waals surface area contributed by atoms with Crippen molar-refractivity contribution in [1.82, 2.24) is 15.5 Å². The van der Waals surface area contributed by atoms with Gasteiger partial charge in [0.05, 0.1) is 13.7 Å². The minimum absolute atomic E-state index is 0.113. The molecule has 0 spiro atoms. The first-order chi connectivity index (χ1) is 9.35. The van der Waals surface area contributed by atoms with Gasteiger partial charge in [-0.3, -0.25) is 14.5 Å². The van der Waals surface area contributed by atoms with E-state index in [0.29, 0.717) is 6.42 Å². The first-order valence-electron chi connectivity index (χ1n) is 6.30. The number of rotatable bonds is 6. The van der Waals surface area contributed by atoms with Crippen LogP contribution < -0.4 is 10.6 Å². The van der Waals surface area contributed by atoms with Crippen LogP contribution >= 0.6 is 0 Å². The molecular formula is C12H19N3O5. The van der Waals surface area contributed by atoms with Crippen molar-refractivity contribution in [2.75, 3.05) is 20.2 Å². The van der Waals surface area contributed by atoms with Crippen molar-refractivity contribution in [3.63, 3.8) is 0 Å². The summed E-state index contributed by atoms with van der Waals surface area (Å²) in [4.78, 5) is 46.8. The van der Waals surface area contributed by atoms with E-state index in [1.54, 1.807) is 0 Å². The van der Waals surface area contributed by atoms with Gasteiger partial charge < -0.3 is 15.4 Å². The molecule has 0 bridgehead atoms. The average Bonchev–Trinajstić information content (AvgIpc) is 2.68. The number of carbonyl (C=O) groups excluding carboxylic acids is 4. The largest absolute Gasteiger partial charge is 0.467 e. The molecule has 1 unspecified atom stereocenters. The van der Waals surface area contributed by atoms with Gasteiger partial charge in [-0.05, 0) is 12.3 Å². The number of nitrogens with one attached hydrogen (secondary N) is 2. The third-order valence-corrected chi connectivity index (χ3v) is 2.77. The van der Waals surface area contributed by atoms with Crippen molar-refractivity contribution in [1.29, 1.82) is 0 Å². The molecule has 1 atom stereocenters. The first kappa shape index (κ1) is 15.9. The van der Waals surface area contributed by atoms with Crippen LogP contribution in [0.2, 0.25) is 0 Å². The molecule has 0 radical (unpaired) electrons. The number of ether oxygens (including phenoxy) is 1. The summed E-state index contributed by atoms with van der Waals surface area (Å²) in [7, 11) is 1.24. The maximum atomic E-state index is 11.8. The van der Waals surface area contributed by atoms with Gasteiger partial charge in [-0.1, -0.05) is 13.8 Å². The maximum Gasteiger partial charge on any atom is 0.328 e. The Morgan fingerprint density at radius 1 is 1.40 bits per heavy atom. The molecule has 0 aromatic carbocycles. The Morgan fingerprint density at radius 3 is 2.50 bits per heavy atom. The Labute approximate surface area is 116 Å². The zero-order valence-corrected chi connectivity index (χ0v) is 11.8. The SMILES string of the molecule is COC(=O)C(CC(C)C)NC(=O)CN1C(=O)CNC1=O. The Kier molecular flexibility index (Phi) is 5.48. The van der Waals surface area contributed by atoms with Gasteiger partial charge in [-0.25, -0.2) is 9.59 Å². The van der Waals surface area contributed by atoms with Crippen LogP contribution in [0.4, 0.5) is 4.79 Å². The van der Waals surface area contributed by atoms with E-state index in [9.17, 15) is 19.2 Å². The molecule has 0 aliphatic carbocycles. The maximum absolute atomic E-state index is 11.8. The molecule has 1 aliphatic heterocycles. The van der Waals surface area contributed by atoms with Gasteiger partial charge in [0.1, 0.15) is 12.6 Å². The molecule has 112 valence electrons.